The minimum Gasteiger partial charge on any atom is -0.377 e. The van der Waals surface area contributed by atoms with Crippen molar-refractivity contribution >= 4 is 39.6 Å². The molecule has 2 N–H and O–H groups in total. The molecule has 7 rings (SSSR count). The van der Waals surface area contributed by atoms with E-state index in [2.05, 4.69) is 15.6 Å². The number of ketones is 1. The van der Waals surface area contributed by atoms with Crippen LogP contribution >= 0.6 is 0 Å². The fourth-order valence-electron chi connectivity index (χ4n) is 6.71. The lowest BCUT2D eigenvalue weighted by Crippen LogP contribution is -2.58. The van der Waals surface area contributed by atoms with Gasteiger partial charge in [-0.05, 0) is 56.2 Å². The number of halogens is 5. The predicted molar refractivity (Wildman–Crippen MR) is 179 cm³/mol. The van der Waals surface area contributed by atoms with E-state index in [4.69, 9.17) is 4.74 Å². The number of carbonyl (C=O) groups excluding carboxylic acids is 2. The van der Waals surface area contributed by atoms with Crippen molar-refractivity contribution in [3.63, 3.8) is 0 Å². The number of nitrogens with zero attached hydrogens (tertiary/aromatic N) is 4. The maximum absolute atomic E-state index is 15.3. The SMILES string of the molecule is Cc1nc2c3c(c(C(F)(F)F)cc2n1C)-c1cccn2c(C(=O)c4cc(F)c(NC(=O)/C=C/CNC5(C)COC5)c(F)c4)cc(c12)CCN3C. The molecule has 0 unspecified atom stereocenters. The Morgan fingerprint density at radius 2 is 1.82 bits per heavy atom. The summed E-state index contributed by atoms with van der Waals surface area (Å²) in [6.07, 6.45) is -0.167. The zero-order valence-corrected chi connectivity index (χ0v) is 27.6. The summed E-state index contributed by atoms with van der Waals surface area (Å²) < 4.78 is 83.2. The van der Waals surface area contributed by atoms with Gasteiger partial charge in [-0.25, -0.2) is 13.8 Å². The molecule has 5 aromatic rings. The molecule has 1 amide bonds. The smallest absolute Gasteiger partial charge is 0.377 e. The normalized spacial score (nSPS) is 15.7. The molecule has 5 heterocycles. The van der Waals surface area contributed by atoms with Crippen LogP contribution in [0.5, 0.6) is 0 Å². The number of aromatic nitrogens is 3. The molecule has 260 valence electrons. The van der Waals surface area contributed by atoms with Crippen LogP contribution in [0.3, 0.4) is 0 Å². The van der Waals surface area contributed by atoms with Gasteiger partial charge >= 0.3 is 6.18 Å². The van der Waals surface area contributed by atoms with Gasteiger partial charge in [-0.2, -0.15) is 13.2 Å². The highest BCUT2D eigenvalue weighted by Crippen LogP contribution is 2.48. The fraction of sp³-hybridized carbons (Fsp3) is 0.306. The third-order valence-electron chi connectivity index (χ3n) is 9.46. The number of carbonyl (C=O) groups is 2. The third kappa shape index (κ3) is 5.61. The molecule has 3 aromatic heterocycles. The molecule has 0 radical (unpaired) electrons. The molecule has 14 heteroatoms. The summed E-state index contributed by atoms with van der Waals surface area (Å²) in [6, 6.07) is 7.42. The van der Waals surface area contributed by atoms with Gasteiger partial charge in [0.15, 0.2) is 0 Å². The number of benzene rings is 2. The van der Waals surface area contributed by atoms with Crippen LogP contribution < -0.4 is 15.5 Å². The van der Waals surface area contributed by atoms with Crippen LogP contribution in [0, 0.1) is 18.6 Å². The molecule has 1 saturated heterocycles. The molecular formula is C36H33F5N6O3. The first-order chi connectivity index (χ1) is 23.7. The van der Waals surface area contributed by atoms with Crippen molar-refractivity contribution in [2.75, 3.05) is 43.6 Å². The van der Waals surface area contributed by atoms with Crippen molar-refractivity contribution in [3.8, 4) is 11.1 Å². The summed E-state index contributed by atoms with van der Waals surface area (Å²) in [5.74, 6) is -3.28. The highest BCUT2D eigenvalue weighted by atomic mass is 19.4. The summed E-state index contributed by atoms with van der Waals surface area (Å²) in [7, 11) is 3.37. The Hall–Kier alpha value is -5.08. The van der Waals surface area contributed by atoms with E-state index in [0.29, 0.717) is 66.3 Å². The first-order valence-electron chi connectivity index (χ1n) is 15.9. The van der Waals surface area contributed by atoms with Gasteiger partial charge < -0.3 is 29.2 Å². The number of pyridine rings is 1. The van der Waals surface area contributed by atoms with Crippen molar-refractivity contribution in [2.24, 2.45) is 7.05 Å². The van der Waals surface area contributed by atoms with Gasteiger partial charge in [-0.15, -0.1) is 0 Å². The Kier molecular flexibility index (Phi) is 8.06. The van der Waals surface area contributed by atoms with Gasteiger partial charge in [0.25, 0.3) is 0 Å². The van der Waals surface area contributed by atoms with E-state index in [-0.39, 0.29) is 27.9 Å². The van der Waals surface area contributed by atoms with Crippen molar-refractivity contribution in [1.29, 1.82) is 0 Å². The molecule has 0 atom stereocenters. The van der Waals surface area contributed by atoms with Gasteiger partial charge in [0.1, 0.15) is 28.7 Å². The van der Waals surface area contributed by atoms with Gasteiger partial charge in [-0.3, -0.25) is 9.59 Å². The Morgan fingerprint density at radius 3 is 2.48 bits per heavy atom. The first-order valence-corrected chi connectivity index (χ1v) is 15.9. The lowest BCUT2D eigenvalue weighted by atomic mass is 9.92. The number of fused-ring (bicyclic) bond motifs is 4. The maximum atomic E-state index is 15.3. The minimum absolute atomic E-state index is 0.0165. The van der Waals surface area contributed by atoms with Crippen LogP contribution in [0.1, 0.15) is 39.9 Å². The number of imidazole rings is 1. The number of amides is 1. The largest absolute Gasteiger partial charge is 0.417 e. The summed E-state index contributed by atoms with van der Waals surface area (Å²) >= 11 is 0. The quantitative estimate of drug-likeness (QED) is 0.120. The van der Waals surface area contributed by atoms with E-state index in [1.54, 1.807) is 42.6 Å². The van der Waals surface area contributed by atoms with Crippen LogP contribution in [0.15, 0.2) is 54.7 Å². The van der Waals surface area contributed by atoms with Crippen LogP contribution in [-0.4, -0.2) is 64.5 Å². The molecule has 0 bridgehead atoms. The Morgan fingerprint density at radius 1 is 1.10 bits per heavy atom. The summed E-state index contributed by atoms with van der Waals surface area (Å²) in [4.78, 5) is 32.7. The highest BCUT2D eigenvalue weighted by molar-refractivity contribution is 6.11. The van der Waals surface area contributed by atoms with Gasteiger partial charge in [-0.1, -0.05) is 12.1 Å². The van der Waals surface area contributed by atoms with Crippen LogP contribution in [0.25, 0.3) is 27.7 Å². The van der Waals surface area contributed by atoms with Gasteiger partial charge in [0.05, 0.1) is 46.7 Å². The molecule has 0 aliphatic carbocycles. The summed E-state index contributed by atoms with van der Waals surface area (Å²) in [5.41, 5.74) is 0.166. The zero-order valence-electron chi connectivity index (χ0n) is 27.6. The number of hydrogen-bond acceptors (Lipinski definition) is 6. The summed E-state index contributed by atoms with van der Waals surface area (Å²) in [5, 5.41) is 5.38. The van der Waals surface area contributed by atoms with Gasteiger partial charge in [0, 0.05) is 56.1 Å². The molecular weight excluding hydrogens is 659 g/mol. The Labute approximate surface area is 283 Å². The van der Waals surface area contributed by atoms with Gasteiger partial charge in [0.2, 0.25) is 11.7 Å². The number of anilines is 2. The topological polar surface area (TPSA) is 92.9 Å². The number of alkyl halides is 3. The standard InChI is InChI=1S/C36H33F5N6O3/c1-19-43-31-26(46(19)4)16-23(36(39,40)41)29-22-7-6-11-47-27(15-20(32(22)47)9-12-45(3)33(29)31)34(49)21-13-24(37)30(25(38)14-21)44-28(48)8-5-10-42-35(2)17-50-18-35/h5-8,11,13-16,42H,9-10,12,17-18H2,1-4H3,(H,44,48)/b8-5+. The van der Waals surface area contributed by atoms with E-state index in [1.807, 2.05) is 6.92 Å². The third-order valence-corrected chi connectivity index (χ3v) is 9.46. The molecule has 1 fully saturated rings. The highest BCUT2D eigenvalue weighted by Gasteiger charge is 2.39. The molecule has 2 aliphatic rings. The number of rotatable bonds is 7. The minimum atomic E-state index is -4.72. The van der Waals surface area contributed by atoms with E-state index < -0.39 is 40.8 Å². The second-order valence-electron chi connectivity index (χ2n) is 13.1. The molecule has 9 nitrogen and oxygen atoms in total. The van der Waals surface area contributed by atoms with Crippen molar-refractivity contribution in [2.45, 2.75) is 32.0 Å². The average molecular weight is 693 g/mol. The van der Waals surface area contributed by atoms with E-state index >= 15 is 8.78 Å². The maximum Gasteiger partial charge on any atom is 0.417 e. The predicted octanol–water partition coefficient (Wildman–Crippen LogP) is 6.19. The van der Waals surface area contributed by atoms with E-state index in [9.17, 15) is 22.8 Å². The summed E-state index contributed by atoms with van der Waals surface area (Å²) in [6.45, 7) is 5.40. The number of nitrogens with one attached hydrogen (secondary N) is 2. The van der Waals surface area contributed by atoms with E-state index in [0.717, 1.165) is 24.3 Å². The fourth-order valence-corrected chi connectivity index (χ4v) is 6.71. The molecule has 0 spiro atoms. The number of likely N-dealkylation sites (N-methyl/N-ethyl adjacent to an activating group) is 1. The Bertz CT molecular complexity index is 2230. The lowest BCUT2D eigenvalue weighted by molar-refractivity contribution is -0.137. The number of aryl methyl sites for hydroxylation is 2. The number of hydrogen-bond donors (Lipinski definition) is 2. The van der Waals surface area contributed by atoms with Crippen LogP contribution in [0.4, 0.5) is 33.3 Å². The zero-order chi connectivity index (χ0) is 35.7. The molecule has 50 heavy (non-hydrogen) atoms. The van der Waals surface area contributed by atoms with Crippen molar-refractivity contribution in [3.05, 3.63) is 94.6 Å². The molecule has 2 aromatic carbocycles. The Balaban J connectivity index is 1.26. The van der Waals surface area contributed by atoms with Crippen LogP contribution in [-0.2, 0) is 29.2 Å². The van der Waals surface area contributed by atoms with Crippen LogP contribution in [0.2, 0.25) is 0 Å². The lowest BCUT2D eigenvalue weighted by Gasteiger charge is -2.38. The molecule has 0 saturated carbocycles. The number of ether oxygens (including phenoxy) is 1. The van der Waals surface area contributed by atoms with Crippen molar-refractivity contribution < 1.29 is 36.3 Å². The average Bonchev–Trinajstić information content (AvgIpc) is 3.56. The second kappa shape index (κ2) is 12.1. The van der Waals surface area contributed by atoms with E-state index in [1.165, 1.54) is 22.7 Å². The first kappa shape index (κ1) is 33.4. The van der Waals surface area contributed by atoms with Crippen molar-refractivity contribution in [1.82, 2.24) is 19.3 Å². The monoisotopic (exact) mass is 692 g/mol. The second-order valence-corrected chi connectivity index (χ2v) is 13.1. The molecule has 2 aliphatic heterocycles.